The lowest BCUT2D eigenvalue weighted by atomic mass is 10.4. The van der Waals surface area contributed by atoms with Crippen LogP contribution in [0.4, 0.5) is 0 Å². The number of halogens is 1. The molecule has 4 nitrogen and oxygen atoms in total. The number of rotatable bonds is 5. The van der Waals surface area contributed by atoms with Crippen LogP contribution < -0.4 is 0 Å². The Morgan fingerprint density at radius 3 is 2.71 bits per heavy atom. The van der Waals surface area contributed by atoms with Gasteiger partial charge in [0.2, 0.25) is 0 Å². The van der Waals surface area contributed by atoms with Crippen molar-refractivity contribution in [2.24, 2.45) is 0 Å². The zero-order chi connectivity index (χ0) is 12.3. The molecule has 0 aliphatic rings. The van der Waals surface area contributed by atoms with Gasteiger partial charge < -0.3 is 0 Å². The molecule has 0 aliphatic carbocycles. The van der Waals surface area contributed by atoms with Crippen molar-refractivity contribution < 1.29 is 0 Å². The van der Waals surface area contributed by atoms with Crippen molar-refractivity contribution in [3.8, 4) is 0 Å². The number of alkyl halides is 1. The van der Waals surface area contributed by atoms with Crippen molar-refractivity contribution in [1.82, 2.24) is 19.7 Å². The lowest BCUT2D eigenvalue weighted by Gasteiger charge is -2.00. The van der Waals surface area contributed by atoms with Crippen LogP contribution in [0.2, 0.25) is 0 Å². The second-order valence-corrected chi connectivity index (χ2v) is 4.89. The topological polar surface area (TPSA) is 43.6 Å². The predicted octanol–water partition coefficient (Wildman–Crippen LogP) is 2.65. The number of hydrogen-bond acceptors (Lipinski definition) is 4. The van der Waals surface area contributed by atoms with Crippen molar-refractivity contribution in [2.75, 3.05) is 0 Å². The maximum Gasteiger partial charge on any atom is 0.150 e. The van der Waals surface area contributed by atoms with Crippen LogP contribution in [0, 0.1) is 0 Å². The highest BCUT2D eigenvalue weighted by Gasteiger charge is 2.09. The molecule has 0 bridgehead atoms. The van der Waals surface area contributed by atoms with Crippen LogP contribution in [-0.4, -0.2) is 19.7 Å². The van der Waals surface area contributed by atoms with Crippen LogP contribution in [0.3, 0.4) is 0 Å². The lowest BCUT2D eigenvalue weighted by molar-refractivity contribution is 0.634. The third-order valence-electron chi connectivity index (χ3n) is 2.45. The molecule has 0 aromatic carbocycles. The Morgan fingerprint density at radius 2 is 2.12 bits per heavy atom. The summed E-state index contributed by atoms with van der Waals surface area (Å²) in [4.78, 5) is 8.91. The van der Waals surface area contributed by atoms with E-state index in [-0.39, 0.29) is 0 Å². The first-order valence-electron chi connectivity index (χ1n) is 5.68. The summed E-state index contributed by atoms with van der Waals surface area (Å²) in [7, 11) is 0. The van der Waals surface area contributed by atoms with Gasteiger partial charge in [-0.05, 0) is 0 Å². The summed E-state index contributed by atoms with van der Waals surface area (Å²) in [5.74, 6) is 2.38. The van der Waals surface area contributed by atoms with Crippen LogP contribution in [0.1, 0.15) is 36.2 Å². The van der Waals surface area contributed by atoms with E-state index in [0.29, 0.717) is 12.4 Å². The smallest absolute Gasteiger partial charge is 0.150 e. The second kappa shape index (κ2) is 5.60. The lowest BCUT2D eigenvalue weighted by Crippen LogP contribution is -2.06. The molecule has 92 valence electrons. The van der Waals surface area contributed by atoms with E-state index in [0.717, 1.165) is 35.2 Å². The molecule has 0 N–H and O–H groups in total. The molecule has 2 rings (SSSR count). The molecule has 2 heterocycles. The van der Waals surface area contributed by atoms with Crippen molar-refractivity contribution >= 4 is 22.9 Å². The Bertz CT molecular complexity index is 491. The van der Waals surface area contributed by atoms with Gasteiger partial charge in [-0.1, -0.05) is 13.8 Å². The average molecular weight is 271 g/mol. The zero-order valence-electron chi connectivity index (χ0n) is 9.98. The molecule has 0 amide bonds. The van der Waals surface area contributed by atoms with E-state index >= 15 is 0 Å². The van der Waals surface area contributed by atoms with E-state index < -0.39 is 0 Å². The highest BCUT2D eigenvalue weighted by atomic mass is 35.5. The molecule has 2 aromatic rings. The number of aryl methyl sites for hydroxylation is 2. The van der Waals surface area contributed by atoms with Gasteiger partial charge >= 0.3 is 0 Å². The van der Waals surface area contributed by atoms with Crippen LogP contribution in [0.25, 0.3) is 0 Å². The summed E-state index contributed by atoms with van der Waals surface area (Å²) < 4.78 is 1.94. The number of nitrogens with zero attached hydrogens (tertiary/aromatic N) is 4. The summed E-state index contributed by atoms with van der Waals surface area (Å²) in [5, 5.41) is 7.49. The maximum atomic E-state index is 5.74. The van der Waals surface area contributed by atoms with Crippen molar-refractivity contribution in [2.45, 2.75) is 39.1 Å². The third-order valence-corrected chi connectivity index (χ3v) is 3.60. The van der Waals surface area contributed by atoms with Crippen LogP contribution in [0.5, 0.6) is 0 Å². The molecular formula is C11H15ClN4S. The molecule has 0 radical (unpaired) electrons. The van der Waals surface area contributed by atoms with Gasteiger partial charge in [-0.2, -0.15) is 5.10 Å². The minimum absolute atomic E-state index is 0.467. The second-order valence-electron chi connectivity index (χ2n) is 3.68. The van der Waals surface area contributed by atoms with Crippen LogP contribution >= 0.6 is 22.9 Å². The predicted molar refractivity (Wildman–Crippen MR) is 69.6 cm³/mol. The Hall–Kier alpha value is -0.940. The summed E-state index contributed by atoms with van der Waals surface area (Å²) in [6.45, 7) is 4.85. The highest BCUT2D eigenvalue weighted by molar-refractivity contribution is 7.09. The SMILES string of the molecule is CCc1nc(CC)n(Cc2nc(CCl)cs2)n1. The Labute approximate surface area is 110 Å². The fourth-order valence-corrected chi connectivity index (χ4v) is 2.58. The van der Waals surface area contributed by atoms with Crippen molar-refractivity contribution in [3.05, 3.63) is 27.7 Å². The number of thiazole rings is 1. The fraction of sp³-hybridized carbons (Fsp3) is 0.545. The largest absolute Gasteiger partial charge is 0.243 e. The summed E-state index contributed by atoms with van der Waals surface area (Å²) in [5.41, 5.74) is 0.931. The van der Waals surface area contributed by atoms with Crippen LogP contribution in [-0.2, 0) is 25.3 Å². The molecular weight excluding hydrogens is 256 g/mol. The van der Waals surface area contributed by atoms with Gasteiger partial charge in [0.05, 0.1) is 18.1 Å². The standard InChI is InChI=1S/C11H15ClN4S/c1-3-9-14-10(4-2)16(15-9)6-11-13-8(5-12)7-17-11/h7H,3-6H2,1-2H3. The van der Waals surface area contributed by atoms with Gasteiger partial charge in [0.25, 0.3) is 0 Å². The molecule has 0 saturated carbocycles. The monoisotopic (exact) mass is 270 g/mol. The molecule has 17 heavy (non-hydrogen) atoms. The highest BCUT2D eigenvalue weighted by Crippen LogP contribution is 2.14. The average Bonchev–Trinajstić information content (AvgIpc) is 2.95. The first kappa shape index (κ1) is 12.5. The molecule has 0 atom stereocenters. The molecule has 0 unspecified atom stereocenters. The van der Waals surface area contributed by atoms with Crippen molar-refractivity contribution in [3.63, 3.8) is 0 Å². The van der Waals surface area contributed by atoms with E-state index in [2.05, 4.69) is 28.9 Å². The fourth-order valence-electron chi connectivity index (χ4n) is 1.58. The van der Waals surface area contributed by atoms with Gasteiger partial charge in [-0.25, -0.2) is 14.6 Å². The number of hydrogen-bond donors (Lipinski definition) is 0. The van der Waals surface area contributed by atoms with Gasteiger partial charge in [0.1, 0.15) is 10.8 Å². The van der Waals surface area contributed by atoms with E-state index in [9.17, 15) is 0 Å². The molecule has 2 aromatic heterocycles. The minimum atomic E-state index is 0.467. The minimum Gasteiger partial charge on any atom is -0.243 e. The Kier molecular flexibility index (Phi) is 4.12. The van der Waals surface area contributed by atoms with Gasteiger partial charge in [0, 0.05) is 18.2 Å². The van der Waals surface area contributed by atoms with E-state index in [1.165, 1.54) is 0 Å². The molecule has 0 spiro atoms. The molecule has 0 fully saturated rings. The molecule has 0 aliphatic heterocycles. The van der Waals surface area contributed by atoms with Gasteiger partial charge in [-0.3, -0.25) is 0 Å². The normalized spacial score (nSPS) is 11.0. The van der Waals surface area contributed by atoms with E-state index in [1.807, 2.05) is 10.1 Å². The molecule has 0 saturated heterocycles. The first-order chi connectivity index (χ1) is 8.26. The quantitative estimate of drug-likeness (QED) is 0.785. The Morgan fingerprint density at radius 1 is 1.29 bits per heavy atom. The van der Waals surface area contributed by atoms with E-state index in [1.54, 1.807) is 11.3 Å². The summed E-state index contributed by atoms with van der Waals surface area (Å²) in [6.07, 6.45) is 1.76. The van der Waals surface area contributed by atoms with Gasteiger partial charge in [0.15, 0.2) is 5.82 Å². The zero-order valence-corrected chi connectivity index (χ0v) is 11.6. The summed E-state index contributed by atoms with van der Waals surface area (Å²) in [6, 6.07) is 0. The maximum absolute atomic E-state index is 5.74. The number of aromatic nitrogens is 4. The third kappa shape index (κ3) is 2.84. The first-order valence-corrected chi connectivity index (χ1v) is 7.10. The van der Waals surface area contributed by atoms with Gasteiger partial charge in [-0.15, -0.1) is 22.9 Å². The summed E-state index contributed by atoms with van der Waals surface area (Å²) >= 11 is 7.36. The molecule has 6 heteroatoms. The van der Waals surface area contributed by atoms with Crippen LogP contribution in [0.15, 0.2) is 5.38 Å². The van der Waals surface area contributed by atoms with Crippen molar-refractivity contribution in [1.29, 1.82) is 0 Å². The Balaban J connectivity index is 2.19. The van der Waals surface area contributed by atoms with E-state index in [4.69, 9.17) is 11.6 Å².